The molecule has 0 atom stereocenters. The highest BCUT2D eigenvalue weighted by molar-refractivity contribution is 7.09. The maximum atomic E-state index is 5.98. The van der Waals surface area contributed by atoms with E-state index in [1.54, 1.807) is 0 Å². The molecule has 1 aliphatic heterocycles. The van der Waals surface area contributed by atoms with Crippen LogP contribution in [0.3, 0.4) is 0 Å². The summed E-state index contributed by atoms with van der Waals surface area (Å²) in [5, 5.41) is 2.98. The minimum Gasteiger partial charge on any atom is -0.494 e. The first-order valence-electron chi connectivity index (χ1n) is 14.0. The van der Waals surface area contributed by atoms with Crippen molar-refractivity contribution in [2.45, 2.75) is 91.1 Å². The summed E-state index contributed by atoms with van der Waals surface area (Å²) in [6.07, 6.45) is 17.4. The molecule has 0 radical (unpaired) electrons. The van der Waals surface area contributed by atoms with Crippen LogP contribution in [0.5, 0.6) is 11.5 Å². The van der Waals surface area contributed by atoms with E-state index in [1.165, 1.54) is 72.9 Å². The molecular formula is C32H46O2Si. The Morgan fingerprint density at radius 1 is 0.514 bits per heavy atom. The van der Waals surface area contributed by atoms with Crippen molar-refractivity contribution in [2.75, 3.05) is 13.2 Å². The number of hydrogen-bond donors (Lipinski definition) is 0. The minimum absolute atomic E-state index is 0.816. The molecule has 190 valence electrons. The van der Waals surface area contributed by atoms with Crippen molar-refractivity contribution in [1.29, 1.82) is 0 Å². The highest BCUT2D eigenvalue weighted by Gasteiger charge is 2.35. The lowest BCUT2D eigenvalue weighted by molar-refractivity contribution is 0.304. The van der Waals surface area contributed by atoms with Gasteiger partial charge < -0.3 is 9.47 Å². The number of unbranched alkanes of at least 4 members (excludes halogenated alkanes) is 8. The Labute approximate surface area is 215 Å². The molecule has 2 nitrogen and oxygen atoms in total. The van der Waals surface area contributed by atoms with Gasteiger partial charge in [0, 0.05) is 0 Å². The zero-order valence-corrected chi connectivity index (χ0v) is 23.6. The van der Waals surface area contributed by atoms with Gasteiger partial charge in [0.1, 0.15) is 19.6 Å². The second kappa shape index (κ2) is 14.3. The Hall–Kier alpha value is -2.26. The molecule has 3 heteroatoms. The van der Waals surface area contributed by atoms with Crippen LogP contribution < -0.4 is 9.47 Å². The second-order valence-electron chi connectivity index (χ2n) is 10.4. The van der Waals surface area contributed by atoms with Gasteiger partial charge in [0.05, 0.1) is 13.2 Å². The van der Waals surface area contributed by atoms with Crippen molar-refractivity contribution in [1.82, 2.24) is 0 Å². The number of hydrogen-bond acceptors (Lipinski definition) is 2. The Kier molecular flexibility index (Phi) is 11.2. The maximum Gasteiger partial charge on any atom is 0.119 e. The molecule has 0 aliphatic carbocycles. The van der Waals surface area contributed by atoms with Gasteiger partial charge in [0.2, 0.25) is 0 Å². The van der Waals surface area contributed by atoms with Crippen molar-refractivity contribution in [3.8, 4) is 11.5 Å². The van der Waals surface area contributed by atoms with Crippen LogP contribution in [0, 0.1) is 0 Å². The molecule has 0 spiro atoms. The van der Waals surface area contributed by atoms with Crippen LogP contribution in [0.1, 0.15) is 89.2 Å². The van der Waals surface area contributed by atoms with Gasteiger partial charge >= 0.3 is 0 Å². The van der Waals surface area contributed by atoms with Gasteiger partial charge in [0.25, 0.3) is 0 Å². The molecule has 0 amide bonds. The molecule has 0 bridgehead atoms. The van der Waals surface area contributed by atoms with Crippen LogP contribution in [0.4, 0.5) is 0 Å². The topological polar surface area (TPSA) is 18.5 Å². The number of allylic oxidation sites excluding steroid dienone is 2. The first-order valence-corrected chi connectivity index (χ1v) is 17.0. The average Bonchev–Trinajstić information content (AvgIpc) is 3.18. The number of rotatable bonds is 16. The molecule has 3 rings (SSSR count). The first-order chi connectivity index (χ1) is 17.1. The van der Waals surface area contributed by atoms with Crippen LogP contribution in [-0.2, 0) is 0 Å². The minimum atomic E-state index is -1.76. The number of ether oxygens (including phenoxy) is 2. The summed E-state index contributed by atoms with van der Waals surface area (Å²) in [7, 11) is -1.76. The molecule has 2 aromatic rings. The highest BCUT2D eigenvalue weighted by Crippen LogP contribution is 2.41. The van der Waals surface area contributed by atoms with Crippen molar-refractivity contribution < 1.29 is 9.47 Å². The van der Waals surface area contributed by atoms with Crippen LogP contribution in [-0.4, -0.2) is 21.3 Å². The first kappa shape index (κ1) is 27.3. The Morgan fingerprint density at radius 3 is 1.26 bits per heavy atom. The van der Waals surface area contributed by atoms with Gasteiger partial charge in [-0.1, -0.05) is 115 Å². The monoisotopic (exact) mass is 490 g/mol. The van der Waals surface area contributed by atoms with Crippen LogP contribution >= 0.6 is 0 Å². The van der Waals surface area contributed by atoms with Crippen molar-refractivity contribution in [2.24, 2.45) is 0 Å². The van der Waals surface area contributed by atoms with Crippen molar-refractivity contribution >= 4 is 18.5 Å². The van der Waals surface area contributed by atoms with Crippen molar-refractivity contribution in [3.05, 3.63) is 71.8 Å². The standard InChI is InChI=1S/C32H46O2Si/c1-5-7-9-11-13-25-33-29-19-15-27(16-20-29)31-23-24-32(35(31,3)4)28-17-21-30(22-18-28)34-26-14-12-10-8-6-2/h15-24H,5-14,25-26H2,1-4H3. The fourth-order valence-corrected chi connectivity index (χ4v) is 7.96. The molecule has 0 aromatic heterocycles. The molecule has 2 aromatic carbocycles. The quantitative estimate of drug-likeness (QED) is 0.172. The van der Waals surface area contributed by atoms with Gasteiger partial charge in [0.15, 0.2) is 0 Å². The lowest BCUT2D eigenvalue weighted by Gasteiger charge is -2.26. The van der Waals surface area contributed by atoms with E-state index < -0.39 is 8.07 Å². The molecule has 1 aliphatic rings. The zero-order valence-electron chi connectivity index (χ0n) is 22.6. The third-order valence-electron chi connectivity index (χ3n) is 7.13. The van der Waals surface area contributed by atoms with Crippen LogP contribution in [0.2, 0.25) is 13.1 Å². The van der Waals surface area contributed by atoms with E-state index >= 15 is 0 Å². The maximum absolute atomic E-state index is 5.98. The van der Waals surface area contributed by atoms with E-state index in [4.69, 9.17) is 9.47 Å². The number of benzene rings is 2. The molecule has 0 fully saturated rings. The fourth-order valence-electron chi connectivity index (χ4n) is 4.90. The SMILES string of the molecule is CCCCCCCOc1ccc(C2=CC=C(c3ccc(OCCCCCCC)cc3)[Si]2(C)C)cc1. The van der Waals surface area contributed by atoms with E-state index in [2.05, 4.69) is 87.6 Å². The summed E-state index contributed by atoms with van der Waals surface area (Å²) in [5.74, 6) is 1.97. The molecular weight excluding hydrogens is 444 g/mol. The van der Waals surface area contributed by atoms with E-state index in [1.807, 2.05) is 0 Å². The molecule has 0 unspecified atom stereocenters. The van der Waals surface area contributed by atoms with Crippen molar-refractivity contribution in [3.63, 3.8) is 0 Å². The molecule has 35 heavy (non-hydrogen) atoms. The third-order valence-corrected chi connectivity index (χ3v) is 10.7. The van der Waals surface area contributed by atoms with E-state index in [-0.39, 0.29) is 0 Å². The fraction of sp³-hybridized carbons (Fsp3) is 0.500. The van der Waals surface area contributed by atoms with E-state index in [9.17, 15) is 0 Å². The summed E-state index contributed by atoms with van der Waals surface area (Å²) in [5.41, 5.74) is 2.65. The summed E-state index contributed by atoms with van der Waals surface area (Å²) in [6.45, 7) is 11.1. The van der Waals surface area contributed by atoms with Gasteiger partial charge in [-0.15, -0.1) is 0 Å². The molecule has 0 saturated carbocycles. The van der Waals surface area contributed by atoms with Crippen LogP contribution in [0.15, 0.2) is 60.7 Å². The lowest BCUT2D eigenvalue weighted by Crippen LogP contribution is -2.28. The lowest BCUT2D eigenvalue weighted by atomic mass is 10.1. The summed E-state index contributed by atoms with van der Waals surface area (Å²) >= 11 is 0. The van der Waals surface area contributed by atoms with Gasteiger partial charge in [-0.25, -0.2) is 0 Å². The zero-order chi connectivity index (χ0) is 24.9. The second-order valence-corrected chi connectivity index (χ2v) is 14.7. The molecule has 0 N–H and O–H groups in total. The largest absolute Gasteiger partial charge is 0.494 e. The van der Waals surface area contributed by atoms with Gasteiger partial charge in [-0.2, -0.15) is 0 Å². The molecule has 1 heterocycles. The normalized spacial score (nSPS) is 14.5. The summed E-state index contributed by atoms with van der Waals surface area (Å²) < 4.78 is 12.0. The summed E-state index contributed by atoms with van der Waals surface area (Å²) in [6, 6.07) is 17.5. The van der Waals surface area contributed by atoms with Gasteiger partial charge in [-0.3, -0.25) is 0 Å². The predicted octanol–water partition coefficient (Wildman–Crippen LogP) is 9.65. The Morgan fingerprint density at radius 2 is 0.886 bits per heavy atom. The third kappa shape index (κ3) is 8.13. The van der Waals surface area contributed by atoms with Gasteiger partial charge in [-0.05, 0) is 58.6 Å². The average molecular weight is 491 g/mol. The summed E-state index contributed by atoms with van der Waals surface area (Å²) in [4.78, 5) is 0. The smallest absolute Gasteiger partial charge is 0.119 e. The van der Waals surface area contributed by atoms with E-state index in [0.29, 0.717) is 0 Å². The predicted molar refractivity (Wildman–Crippen MR) is 155 cm³/mol. The Balaban J connectivity index is 1.50. The highest BCUT2D eigenvalue weighted by atomic mass is 28.3. The molecule has 0 saturated heterocycles. The van der Waals surface area contributed by atoms with Crippen LogP contribution in [0.25, 0.3) is 10.4 Å². The Bertz CT molecular complexity index is 861. The van der Waals surface area contributed by atoms with E-state index in [0.717, 1.165) is 37.6 Å².